The Morgan fingerprint density at radius 1 is 0.515 bits per heavy atom. The molecule has 5 aromatic carbocycles. The summed E-state index contributed by atoms with van der Waals surface area (Å²) in [7, 11) is 0. The van der Waals surface area contributed by atoms with E-state index in [-0.39, 0.29) is 0 Å². The number of para-hydroxylation sites is 3. The Morgan fingerprint density at radius 3 is 2.15 bits per heavy atom. The molecule has 2 nitrogen and oxygen atoms in total. The highest BCUT2D eigenvalue weighted by atomic mass is 15.0. The molecule has 1 aliphatic rings. The van der Waals surface area contributed by atoms with E-state index in [0.717, 1.165) is 6.42 Å². The number of nitrogens with one attached hydrogen (secondary N) is 1. The first kappa shape index (κ1) is 18.3. The number of hydrogen-bond acceptors (Lipinski definition) is 1. The predicted octanol–water partition coefficient (Wildman–Crippen LogP) is 8.10. The van der Waals surface area contributed by atoms with E-state index >= 15 is 0 Å². The highest BCUT2D eigenvalue weighted by Gasteiger charge is 2.16. The van der Waals surface area contributed by atoms with E-state index < -0.39 is 0 Å². The number of fused-ring (bicyclic) bond motifs is 5. The van der Waals surface area contributed by atoms with Crippen molar-refractivity contribution >= 4 is 33.2 Å². The predicted molar refractivity (Wildman–Crippen MR) is 139 cm³/mol. The Hall–Kier alpha value is -4.30. The van der Waals surface area contributed by atoms with Gasteiger partial charge in [0.2, 0.25) is 0 Å². The first-order valence-corrected chi connectivity index (χ1v) is 11.4. The summed E-state index contributed by atoms with van der Waals surface area (Å²) in [5.74, 6) is 0. The molecule has 0 amide bonds. The van der Waals surface area contributed by atoms with Gasteiger partial charge < -0.3 is 9.88 Å². The molecule has 7 rings (SSSR count). The van der Waals surface area contributed by atoms with Gasteiger partial charge in [-0.25, -0.2) is 0 Å². The third kappa shape index (κ3) is 2.88. The molecule has 0 fully saturated rings. The van der Waals surface area contributed by atoms with Gasteiger partial charge in [-0.05, 0) is 70.8 Å². The van der Waals surface area contributed by atoms with Crippen LogP contribution in [-0.2, 0) is 6.42 Å². The summed E-state index contributed by atoms with van der Waals surface area (Å²) >= 11 is 0. The molecular formula is C31H22N2. The van der Waals surface area contributed by atoms with Gasteiger partial charge in [-0.15, -0.1) is 0 Å². The molecule has 0 radical (unpaired) electrons. The maximum atomic E-state index is 3.59. The standard InChI is InChI=1S/C31H22N2/c1-2-9-25(10-3-1)33-30-13-7-5-11-26(30)27-20-22(15-17-31(27)33)21-14-16-29-24(18-21)19-23-8-4-6-12-28(23)32-29/h1-18,20,32H,19H2. The van der Waals surface area contributed by atoms with Crippen molar-refractivity contribution in [2.45, 2.75) is 6.42 Å². The zero-order valence-electron chi connectivity index (χ0n) is 18.1. The fourth-order valence-corrected chi connectivity index (χ4v) is 5.20. The van der Waals surface area contributed by atoms with Gasteiger partial charge in [-0.1, -0.05) is 66.7 Å². The fourth-order valence-electron chi connectivity index (χ4n) is 5.20. The zero-order chi connectivity index (χ0) is 21.8. The number of benzene rings is 5. The molecule has 0 unspecified atom stereocenters. The fraction of sp³-hybridized carbons (Fsp3) is 0.0323. The molecule has 0 saturated carbocycles. The number of nitrogens with zero attached hydrogens (tertiary/aromatic N) is 1. The van der Waals surface area contributed by atoms with Crippen LogP contribution in [0.4, 0.5) is 11.4 Å². The van der Waals surface area contributed by atoms with Crippen molar-refractivity contribution in [3.63, 3.8) is 0 Å². The molecule has 0 bridgehead atoms. The van der Waals surface area contributed by atoms with E-state index in [4.69, 9.17) is 0 Å². The van der Waals surface area contributed by atoms with Crippen molar-refractivity contribution in [2.75, 3.05) is 5.32 Å². The normalized spacial score (nSPS) is 12.4. The topological polar surface area (TPSA) is 17.0 Å². The molecule has 2 heteroatoms. The van der Waals surface area contributed by atoms with Crippen LogP contribution >= 0.6 is 0 Å². The first-order chi connectivity index (χ1) is 16.3. The number of anilines is 2. The van der Waals surface area contributed by atoms with Crippen LogP contribution in [0, 0.1) is 0 Å². The molecule has 0 saturated heterocycles. The molecule has 33 heavy (non-hydrogen) atoms. The van der Waals surface area contributed by atoms with Crippen LogP contribution in [0.15, 0.2) is 115 Å². The van der Waals surface area contributed by atoms with Crippen molar-refractivity contribution in [2.24, 2.45) is 0 Å². The molecule has 0 spiro atoms. The second-order valence-electron chi connectivity index (χ2n) is 8.75. The molecular weight excluding hydrogens is 400 g/mol. The average molecular weight is 423 g/mol. The second-order valence-corrected chi connectivity index (χ2v) is 8.75. The van der Waals surface area contributed by atoms with Crippen molar-refractivity contribution in [1.82, 2.24) is 4.57 Å². The summed E-state index contributed by atoms with van der Waals surface area (Å²) in [5.41, 5.74) is 11.3. The third-order valence-electron chi connectivity index (χ3n) is 6.79. The van der Waals surface area contributed by atoms with E-state index in [1.807, 2.05) is 0 Å². The van der Waals surface area contributed by atoms with Crippen LogP contribution in [0.25, 0.3) is 38.6 Å². The maximum Gasteiger partial charge on any atom is 0.0541 e. The van der Waals surface area contributed by atoms with Gasteiger partial charge in [0.15, 0.2) is 0 Å². The second kappa shape index (κ2) is 7.11. The molecule has 1 N–H and O–H groups in total. The minimum atomic E-state index is 0.960. The highest BCUT2D eigenvalue weighted by Crippen LogP contribution is 2.38. The summed E-state index contributed by atoms with van der Waals surface area (Å²) in [6.07, 6.45) is 0.960. The lowest BCUT2D eigenvalue weighted by Gasteiger charge is -2.22. The summed E-state index contributed by atoms with van der Waals surface area (Å²) < 4.78 is 2.36. The SMILES string of the molecule is c1ccc(-n2c3ccccc3c3cc(-c4ccc5c(c4)Cc4ccccc4N5)ccc32)cc1. The Balaban J connectivity index is 1.38. The van der Waals surface area contributed by atoms with Gasteiger partial charge in [-0.2, -0.15) is 0 Å². The smallest absolute Gasteiger partial charge is 0.0541 e. The molecule has 2 heterocycles. The van der Waals surface area contributed by atoms with Crippen LogP contribution in [0.3, 0.4) is 0 Å². The quantitative estimate of drug-likeness (QED) is 0.298. The number of aromatic nitrogens is 1. The van der Waals surface area contributed by atoms with Crippen LogP contribution in [0.1, 0.15) is 11.1 Å². The van der Waals surface area contributed by atoms with E-state index in [9.17, 15) is 0 Å². The van der Waals surface area contributed by atoms with Crippen molar-refractivity contribution in [3.05, 3.63) is 126 Å². The Kier molecular flexibility index (Phi) is 3.94. The maximum absolute atomic E-state index is 3.59. The monoisotopic (exact) mass is 422 g/mol. The van der Waals surface area contributed by atoms with Crippen molar-refractivity contribution in [1.29, 1.82) is 0 Å². The minimum Gasteiger partial charge on any atom is -0.355 e. The van der Waals surface area contributed by atoms with E-state index in [1.165, 1.54) is 61.1 Å². The first-order valence-electron chi connectivity index (χ1n) is 11.4. The Bertz CT molecular complexity index is 1660. The largest absolute Gasteiger partial charge is 0.355 e. The molecule has 156 valence electrons. The number of rotatable bonds is 2. The Labute approximate surface area is 192 Å². The van der Waals surface area contributed by atoms with Gasteiger partial charge in [-0.3, -0.25) is 0 Å². The Morgan fingerprint density at radius 2 is 1.21 bits per heavy atom. The third-order valence-corrected chi connectivity index (χ3v) is 6.79. The summed E-state index contributed by atoms with van der Waals surface area (Å²) in [4.78, 5) is 0. The highest BCUT2D eigenvalue weighted by molar-refractivity contribution is 6.10. The van der Waals surface area contributed by atoms with E-state index in [2.05, 4.69) is 125 Å². The molecule has 1 aliphatic heterocycles. The summed E-state index contributed by atoms with van der Waals surface area (Å²) in [6, 6.07) is 41.6. The molecule has 6 aromatic rings. The summed E-state index contributed by atoms with van der Waals surface area (Å²) in [6.45, 7) is 0. The van der Waals surface area contributed by atoms with Gasteiger partial charge in [0.1, 0.15) is 0 Å². The molecule has 1 aromatic heterocycles. The van der Waals surface area contributed by atoms with Crippen LogP contribution < -0.4 is 5.32 Å². The van der Waals surface area contributed by atoms with E-state index in [1.54, 1.807) is 0 Å². The lowest BCUT2D eigenvalue weighted by atomic mass is 9.93. The molecule has 0 aliphatic carbocycles. The average Bonchev–Trinajstić information content (AvgIpc) is 3.21. The zero-order valence-corrected chi connectivity index (χ0v) is 18.1. The van der Waals surface area contributed by atoms with Crippen LogP contribution in [-0.4, -0.2) is 4.57 Å². The minimum absolute atomic E-state index is 0.960. The lowest BCUT2D eigenvalue weighted by Crippen LogP contribution is -2.06. The van der Waals surface area contributed by atoms with Gasteiger partial charge in [0.25, 0.3) is 0 Å². The summed E-state index contributed by atoms with van der Waals surface area (Å²) in [5, 5.41) is 6.16. The number of hydrogen-bond donors (Lipinski definition) is 1. The lowest BCUT2D eigenvalue weighted by molar-refractivity contribution is 1.16. The molecule has 0 atom stereocenters. The van der Waals surface area contributed by atoms with E-state index in [0.29, 0.717) is 0 Å². The van der Waals surface area contributed by atoms with Crippen LogP contribution in [0.5, 0.6) is 0 Å². The van der Waals surface area contributed by atoms with Crippen molar-refractivity contribution in [3.8, 4) is 16.8 Å². The van der Waals surface area contributed by atoms with Gasteiger partial charge >= 0.3 is 0 Å². The van der Waals surface area contributed by atoms with Crippen LogP contribution in [0.2, 0.25) is 0 Å². The van der Waals surface area contributed by atoms with Crippen molar-refractivity contribution < 1.29 is 0 Å². The van der Waals surface area contributed by atoms with Gasteiger partial charge in [0.05, 0.1) is 11.0 Å². The van der Waals surface area contributed by atoms with Gasteiger partial charge in [0, 0.05) is 34.3 Å².